The Balaban J connectivity index is 2.14. The zero-order valence-corrected chi connectivity index (χ0v) is 10.8. The molecule has 16 heavy (non-hydrogen) atoms. The summed E-state index contributed by atoms with van der Waals surface area (Å²) in [6.45, 7) is 2.34. The average molecular weight is 239 g/mol. The van der Waals surface area contributed by atoms with Gasteiger partial charge >= 0.3 is 0 Å². The molecule has 0 spiro atoms. The van der Waals surface area contributed by atoms with Crippen molar-refractivity contribution in [3.63, 3.8) is 0 Å². The summed E-state index contributed by atoms with van der Waals surface area (Å²) >= 11 is 6.30. The number of benzene rings is 1. The van der Waals surface area contributed by atoms with Gasteiger partial charge in [0.1, 0.15) is 5.75 Å². The Kier molecular flexibility index (Phi) is 3.75. The van der Waals surface area contributed by atoms with Gasteiger partial charge in [-0.1, -0.05) is 37.4 Å². The number of halogens is 1. The van der Waals surface area contributed by atoms with Crippen LogP contribution in [0.2, 0.25) is 5.02 Å². The molecule has 1 aliphatic carbocycles. The molecule has 0 saturated heterocycles. The zero-order valence-electron chi connectivity index (χ0n) is 10.0. The Labute approximate surface area is 103 Å². The summed E-state index contributed by atoms with van der Waals surface area (Å²) in [4.78, 5) is 0. The summed E-state index contributed by atoms with van der Waals surface area (Å²) in [5.41, 5.74) is 1.30. The van der Waals surface area contributed by atoms with Crippen LogP contribution < -0.4 is 4.74 Å². The summed E-state index contributed by atoms with van der Waals surface area (Å²) in [6, 6.07) is 6.07. The minimum absolute atomic E-state index is 0.648. The van der Waals surface area contributed by atoms with E-state index >= 15 is 0 Å². The topological polar surface area (TPSA) is 9.23 Å². The fourth-order valence-electron chi connectivity index (χ4n) is 2.54. The SMILES string of the molecule is COc1ccc(C2CCC(C)CC2)c(Cl)c1. The first-order valence-electron chi connectivity index (χ1n) is 6.04. The van der Waals surface area contributed by atoms with E-state index in [1.54, 1.807) is 7.11 Å². The second-order valence-electron chi connectivity index (χ2n) is 4.84. The quantitative estimate of drug-likeness (QED) is 0.729. The normalized spacial score (nSPS) is 25.4. The van der Waals surface area contributed by atoms with E-state index in [0.717, 1.165) is 16.7 Å². The maximum absolute atomic E-state index is 6.30. The van der Waals surface area contributed by atoms with Crippen molar-refractivity contribution in [1.82, 2.24) is 0 Å². The van der Waals surface area contributed by atoms with Crippen molar-refractivity contribution < 1.29 is 4.74 Å². The van der Waals surface area contributed by atoms with Gasteiger partial charge in [-0.25, -0.2) is 0 Å². The highest BCUT2D eigenvalue weighted by Gasteiger charge is 2.21. The average Bonchev–Trinajstić information content (AvgIpc) is 2.30. The third kappa shape index (κ3) is 2.52. The molecule has 88 valence electrons. The lowest BCUT2D eigenvalue weighted by Gasteiger charge is -2.27. The van der Waals surface area contributed by atoms with Crippen molar-refractivity contribution in [3.8, 4) is 5.75 Å². The highest BCUT2D eigenvalue weighted by atomic mass is 35.5. The van der Waals surface area contributed by atoms with Crippen molar-refractivity contribution >= 4 is 11.6 Å². The highest BCUT2D eigenvalue weighted by Crippen LogP contribution is 2.39. The number of rotatable bonds is 2. The van der Waals surface area contributed by atoms with Crippen molar-refractivity contribution in [1.29, 1.82) is 0 Å². The van der Waals surface area contributed by atoms with E-state index in [0.29, 0.717) is 5.92 Å². The number of hydrogen-bond donors (Lipinski definition) is 0. The van der Waals surface area contributed by atoms with E-state index in [1.807, 2.05) is 12.1 Å². The molecule has 1 aromatic carbocycles. The van der Waals surface area contributed by atoms with Gasteiger partial charge in [0.05, 0.1) is 7.11 Å². The van der Waals surface area contributed by atoms with Gasteiger partial charge in [0.25, 0.3) is 0 Å². The Morgan fingerprint density at radius 2 is 1.88 bits per heavy atom. The van der Waals surface area contributed by atoms with Gasteiger partial charge in [-0.3, -0.25) is 0 Å². The molecule has 1 saturated carbocycles. The molecule has 1 aliphatic rings. The molecular formula is C14H19ClO. The van der Waals surface area contributed by atoms with Crippen LogP contribution in [-0.2, 0) is 0 Å². The van der Waals surface area contributed by atoms with E-state index in [4.69, 9.17) is 16.3 Å². The summed E-state index contributed by atoms with van der Waals surface area (Å²) in [7, 11) is 1.67. The molecule has 2 heteroatoms. The van der Waals surface area contributed by atoms with Gasteiger partial charge in [0, 0.05) is 5.02 Å². The van der Waals surface area contributed by atoms with Gasteiger partial charge in [-0.05, 0) is 42.4 Å². The lowest BCUT2D eigenvalue weighted by Crippen LogP contribution is -2.11. The minimum Gasteiger partial charge on any atom is -0.497 e. The largest absolute Gasteiger partial charge is 0.497 e. The molecule has 0 amide bonds. The van der Waals surface area contributed by atoms with E-state index in [9.17, 15) is 0 Å². The molecule has 0 atom stereocenters. The van der Waals surface area contributed by atoms with E-state index in [-0.39, 0.29) is 0 Å². The second kappa shape index (κ2) is 5.09. The molecule has 0 aliphatic heterocycles. The first-order valence-corrected chi connectivity index (χ1v) is 6.42. The fraction of sp³-hybridized carbons (Fsp3) is 0.571. The van der Waals surface area contributed by atoms with Crippen LogP contribution >= 0.6 is 11.6 Å². The highest BCUT2D eigenvalue weighted by molar-refractivity contribution is 6.31. The summed E-state index contributed by atoms with van der Waals surface area (Å²) in [6.07, 6.45) is 5.19. The minimum atomic E-state index is 0.648. The van der Waals surface area contributed by atoms with Gasteiger partial charge in [0.2, 0.25) is 0 Å². The van der Waals surface area contributed by atoms with Crippen LogP contribution in [0.1, 0.15) is 44.1 Å². The summed E-state index contributed by atoms with van der Waals surface area (Å²) < 4.78 is 5.17. The lowest BCUT2D eigenvalue weighted by atomic mass is 9.79. The van der Waals surface area contributed by atoms with Crippen molar-refractivity contribution in [2.24, 2.45) is 5.92 Å². The van der Waals surface area contributed by atoms with Crippen LogP contribution in [0.5, 0.6) is 5.75 Å². The van der Waals surface area contributed by atoms with Gasteiger partial charge in [-0.2, -0.15) is 0 Å². The first kappa shape index (κ1) is 11.8. The predicted molar refractivity (Wildman–Crippen MR) is 68.4 cm³/mol. The van der Waals surface area contributed by atoms with Crippen LogP contribution in [0.4, 0.5) is 0 Å². The third-order valence-electron chi connectivity index (χ3n) is 3.66. The lowest BCUT2D eigenvalue weighted by molar-refractivity contribution is 0.347. The molecular weight excluding hydrogens is 220 g/mol. The number of hydrogen-bond acceptors (Lipinski definition) is 1. The van der Waals surface area contributed by atoms with Crippen LogP contribution in [0.3, 0.4) is 0 Å². The Morgan fingerprint density at radius 3 is 2.44 bits per heavy atom. The molecule has 2 rings (SSSR count). The van der Waals surface area contributed by atoms with Crippen molar-refractivity contribution in [2.75, 3.05) is 7.11 Å². The maximum atomic E-state index is 6.30. The van der Waals surface area contributed by atoms with E-state index in [1.165, 1.54) is 31.2 Å². The second-order valence-corrected chi connectivity index (χ2v) is 5.25. The molecule has 0 N–H and O–H groups in total. The van der Waals surface area contributed by atoms with Gasteiger partial charge < -0.3 is 4.74 Å². The van der Waals surface area contributed by atoms with Crippen LogP contribution in [0, 0.1) is 5.92 Å². The standard InChI is InChI=1S/C14H19ClO/c1-10-3-5-11(6-4-10)13-8-7-12(16-2)9-14(13)15/h7-11H,3-6H2,1-2H3. The molecule has 1 nitrogen and oxygen atoms in total. The summed E-state index contributed by atoms with van der Waals surface area (Å²) in [5, 5.41) is 0.860. The number of ether oxygens (including phenoxy) is 1. The van der Waals surface area contributed by atoms with Gasteiger partial charge in [0.15, 0.2) is 0 Å². The monoisotopic (exact) mass is 238 g/mol. The van der Waals surface area contributed by atoms with E-state index < -0.39 is 0 Å². The molecule has 1 aromatic rings. The number of methoxy groups -OCH3 is 1. The van der Waals surface area contributed by atoms with Crippen molar-refractivity contribution in [2.45, 2.75) is 38.5 Å². The third-order valence-corrected chi connectivity index (χ3v) is 3.99. The van der Waals surface area contributed by atoms with Crippen LogP contribution in [0.25, 0.3) is 0 Å². The summed E-state index contributed by atoms with van der Waals surface area (Å²) in [5.74, 6) is 2.38. The van der Waals surface area contributed by atoms with Crippen LogP contribution in [-0.4, -0.2) is 7.11 Å². The van der Waals surface area contributed by atoms with Crippen molar-refractivity contribution in [3.05, 3.63) is 28.8 Å². The first-order chi connectivity index (χ1) is 7.70. The predicted octanol–water partition coefficient (Wildman–Crippen LogP) is 4.64. The zero-order chi connectivity index (χ0) is 11.5. The molecule has 0 radical (unpaired) electrons. The molecule has 1 fully saturated rings. The Morgan fingerprint density at radius 1 is 1.19 bits per heavy atom. The smallest absolute Gasteiger partial charge is 0.120 e. The Bertz CT molecular complexity index is 354. The molecule has 0 unspecified atom stereocenters. The fourth-order valence-corrected chi connectivity index (χ4v) is 2.86. The molecule has 0 bridgehead atoms. The maximum Gasteiger partial charge on any atom is 0.120 e. The van der Waals surface area contributed by atoms with Crippen LogP contribution in [0.15, 0.2) is 18.2 Å². The molecule has 0 heterocycles. The van der Waals surface area contributed by atoms with Gasteiger partial charge in [-0.15, -0.1) is 0 Å². The Hall–Kier alpha value is -0.690. The van der Waals surface area contributed by atoms with E-state index in [2.05, 4.69) is 13.0 Å². The molecule has 0 aromatic heterocycles.